The maximum absolute atomic E-state index is 10.1. The Kier molecular flexibility index (Phi) is 26.5. The monoisotopic (exact) mass is 149 g/mol. The molecule has 0 aliphatic rings. The number of rotatable bonds is 3. The third-order valence-corrected chi connectivity index (χ3v) is 0.759. The van der Waals surface area contributed by atoms with E-state index in [2.05, 4.69) is 0 Å². The van der Waals surface area contributed by atoms with Crippen molar-refractivity contribution in [2.45, 2.75) is 12.2 Å². The molecule has 0 rings (SSSR count). The van der Waals surface area contributed by atoms with Crippen LogP contribution in [-0.2, 0) is 0 Å². The summed E-state index contributed by atoms with van der Waals surface area (Å²) in [5.41, 5.74) is 0. The minimum atomic E-state index is -1.69. The first-order chi connectivity index (χ1) is 3.72. The quantitative estimate of drug-likeness (QED) is 0.407. The van der Waals surface area contributed by atoms with Gasteiger partial charge in [0.05, 0.1) is 0 Å². The first-order valence-electron chi connectivity index (χ1n) is 2.23. The molecule has 1 N–H and O–H groups in total. The van der Waals surface area contributed by atoms with Gasteiger partial charge in [-0.3, -0.25) is 0 Å². The Balaban J connectivity index is -0.0000000163. The largest absolute Gasteiger partial charge is 2.00 e. The molecule has 2 atom stereocenters. The Morgan fingerprint density at radius 1 is 1.09 bits per heavy atom. The van der Waals surface area contributed by atoms with E-state index < -0.39 is 25.4 Å². The van der Waals surface area contributed by atoms with Crippen molar-refractivity contribution < 1.29 is 24.7 Å². The van der Waals surface area contributed by atoms with Crippen LogP contribution in [0.2, 0.25) is 0 Å². The summed E-state index contributed by atoms with van der Waals surface area (Å²) in [5, 5.41) is 37.7. The van der Waals surface area contributed by atoms with Crippen molar-refractivity contribution in [2.75, 3.05) is 13.2 Å². The summed E-state index contributed by atoms with van der Waals surface area (Å²) in [6.45, 7) is -1.69. The van der Waals surface area contributed by atoms with Gasteiger partial charge in [-0.05, 0) is 0 Å². The van der Waals surface area contributed by atoms with Crippen molar-refractivity contribution in [3.8, 4) is 0 Å². The van der Waals surface area contributed by atoms with Gasteiger partial charge in [0.1, 0.15) is 0 Å². The first kappa shape index (κ1) is 22.5. The second-order valence-corrected chi connectivity index (χ2v) is 1.43. The molecule has 0 saturated carbocycles. The van der Waals surface area contributed by atoms with Gasteiger partial charge in [0.25, 0.3) is 0 Å². The van der Waals surface area contributed by atoms with Crippen molar-refractivity contribution >= 4 is 30.4 Å². The zero-order valence-electron chi connectivity index (χ0n) is 9.36. The molecule has 2 unspecified atom stereocenters. The average molecular weight is 149 g/mol. The van der Waals surface area contributed by atoms with Gasteiger partial charge in [0.15, 0.2) is 0 Å². The van der Waals surface area contributed by atoms with Gasteiger partial charge < -0.3 is 24.7 Å². The van der Waals surface area contributed by atoms with E-state index in [9.17, 15) is 15.3 Å². The minimum absolute atomic E-state index is 0. The maximum atomic E-state index is 10.1. The standard InChI is InChI=1S/C4H7O4.3Be.3H/c5-1-3(7)4(8)2-6;;;;;;/h3-5H,1-2H2;;;;;;/q-3;3*+2;3*-1. The van der Waals surface area contributed by atoms with E-state index in [1.165, 1.54) is 0 Å². The Labute approximate surface area is 81.4 Å². The first-order valence-corrected chi connectivity index (χ1v) is 2.23. The third kappa shape index (κ3) is 10.3. The van der Waals surface area contributed by atoms with Gasteiger partial charge >= 0.3 is 30.4 Å². The van der Waals surface area contributed by atoms with Gasteiger partial charge in [0, 0.05) is 6.61 Å². The van der Waals surface area contributed by atoms with Crippen LogP contribution in [0.1, 0.15) is 4.28 Å². The molecule has 0 saturated heterocycles. The predicted molar refractivity (Wildman–Crippen MR) is 40.1 cm³/mol. The van der Waals surface area contributed by atoms with Crippen LogP contribution in [0.3, 0.4) is 0 Å². The van der Waals surface area contributed by atoms with Crippen molar-refractivity contribution in [3.63, 3.8) is 0 Å². The zero-order chi connectivity index (χ0) is 6.57. The van der Waals surface area contributed by atoms with E-state index in [0.29, 0.717) is 0 Å². The normalized spacial score (nSPS) is 13.1. The second kappa shape index (κ2) is 13.0. The summed E-state index contributed by atoms with van der Waals surface area (Å²) in [7, 11) is 0. The fraction of sp³-hybridized carbons (Fsp3) is 1.00. The fourth-order valence-corrected chi connectivity index (χ4v) is 0.225. The van der Waals surface area contributed by atoms with E-state index in [1.807, 2.05) is 0 Å². The number of hydrogen-bond donors (Lipinski definition) is 1. The van der Waals surface area contributed by atoms with Crippen molar-refractivity contribution in [1.29, 1.82) is 0 Å². The fourth-order valence-electron chi connectivity index (χ4n) is 0.225. The van der Waals surface area contributed by atoms with Gasteiger partial charge in [-0.2, -0.15) is 12.7 Å². The van der Waals surface area contributed by atoms with Crippen LogP contribution < -0.4 is 15.3 Å². The molecule has 4 nitrogen and oxygen atoms in total. The van der Waals surface area contributed by atoms with Crippen LogP contribution in [0.4, 0.5) is 0 Å². The van der Waals surface area contributed by atoms with Crippen molar-refractivity contribution in [1.82, 2.24) is 0 Å². The molecule has 0 aromatic rings. The molecule has 0 heterocycles. The Morgan fingerprint density at radius 2 is 1.45 bits per heavy atom. The van der Waals surface area contributed by atoms with Gasteiger partial charge in [-0.25, -0.2) is 0 Å². The molecule has 0 aliphatic carbocycles. The van der Waals surface area contributed by atoms with Gasteiger partial charge in [-0.15, -0.1) is 6.10 Å². The average Bonchev–Trinajstić information content (AvgIpc) is 1.84. The Hall–Kier alpha value is 0.346. The summed E-state index contributed by atoms with van der Waals surface area (Å²) in [6, 6.07) is 0. The number of hydrogen-bond acceptors (Lipinski definition) is 4. The molecule has 0 amide bonds. The summed E-state index contributed by atoms with van der Waals surface area (Å²) in [6.07, 6.45) is -3.34. The second-order valence-electron chi connectivity index (χ2n) is 1.43. The molecule has 0 spiro atoms. The van der Waals surface area contributed by atoms with Gasteiger partial charge in [0.2, 0.25) is 0 Å². The third-order valence-electron chi connectivity index (χ3n) is 0.759. The Morgan fingerprint density at radius 3 is 1.55 bits per heavy atom. The van der Waals surface area contributed by atoms with E-state index in [4.69, 9.17) is 5.11 Å². The molecule has 0 aromatic carbocycles. The SMILES string of the molecule is [Be+2].[Be+2].[Be+2].[H-].[H-].[H-].[O-]CC([O-])C([O-])CO. The van der Waals surface area contributed by atoms with Crippen molar-refractivity contribution in [2.24, 2.45) is 0 Å². The molecule has 7 heteroatoms. The smallest absolute Gasteiger partial charge is 1.00 e. The van der Waals surface area contributed by atoms with Crippen LogP contribution >= 0.6 is 0 Å². The van der Waals surface area contributed by atoms with Crippen LogP contribution in [-0.4, -0.2) is 60.9 Å². The topological polar surface area (TPSA) is 89.4 Å². The molecular weight excluding hydrogens is 139 g/mol. The summed E-state index contributed by atoms with van der Waals surface area (Å²) in [4.78, 5) is 0. The van der Waals surface area contributed by atoms with Crippen molar-refractivity contribution in [3.05, 3.63) is 0 Å². The molecule has 11 heavy (non-hydrogen) atoms. The summed E-state index contributed by atoms with van der Waals surface area (Å²) in [5.74, 6) is 0. The van der Waals surface area contributed by atoms with E-state index >= 15 is 0 Å². The van der Waals surface area contributed by atoms with E-state index in [-0.39, 0.29) is 34.6 Å². The number of aliphatic hydroxyl groups is 1. The van der Waals surface area contributed by atoms with Crippen LogP contribution in [0.15, 0.2) is 0 Å². The molecular formula is C4H10Be3O4. The Bertz CT molecular complexity index is 67.8. The van der Waals surface area contributed by atoms with E-state index in [0.717, 1.165) is 0 Å². The summed E-state index contributed by atoms with van der Waals surface area (Å²) < 4.78 is 0. The summed E-state index contributed by atoms with van der Waals surface area (Å²) >= 11 is 0. The van der Waals surface area contributed by atoms with Crippen LogP contribution in [0, 0.1) is 0 Å². The van der Waals surface area contributed by atoms with Crippen LogP contribution in [0.25, 0.3) is 0 Å². The van der Waals surface area contributed by atoms with Crippen LogP contribution in [0.5, 0.6) is 0 Å². The molecule has 0 bridgehead atoms. The zero-order valence-corrected chi connectivity index (χ0v) is 6.36. The maximum Gasteiger partial charge on any atom is 2.00 e. The molecule has 0 fully saturated rings. The molecule has 0 radical (unpaired) electrons. The molecule has 0 aromatic heterocycles. The predicted octanol–water partition coefficient (Wildman–Crippen LogP) is -5.01. The molecule has 56 valence electrons. The van der Waals surface area contributed by atoms with E-state index in [1.54, 1.807) is 0 Å². The molecule has 0 aliphatic heterocycles. The minimum Gasteiger partial charge on any atom is -1.00 e. The van der Waals surface area contributed by atoms with Gasteiger partial charge in [-0.1, -0.05) is 0 Å². The number of aliphatic hydroxyl groups excluding tert-OH is 1.